The van der Waals surface area contributed by atoms with Gasteiger partial charge in [0.25, 0.3) is 0 Å². The molecule has 3 heteroatoms. The van der Waals surface area contributed by atoms with E-state index in [1.807, 2.05) is 6.92 Å². The number of quaternary nitrogens is 1. The second-order valence-electron chi connectivity index (χ2n) is 3.20. The average molecular weight is 156 g/mol. The maximum Gasteiger partial charge on any atom is 0.443 e. The Bertz CT molecular complexity index is 149. The quantitative estimate of drug-likeness (QED) is 0.585. The van der Waals surface area contributed by atoms with E-state index in [-0.39, 0.29) is 0 Å². The summed E-state index contributed by atoms with van der Waals surface area (Å²) in [6, 6.07) is 0.331. The number of nitrogens with zero attached hydrogens (tertiary/aromatic N) is 1. The van der Waals surface area contributed by atoms with E-state index in [4.69, 9.17) is 5.73 Å². The van der Waals surface area contributed by atoms with E-state index < -0.39 is 0 Å². The summed E-state index contributed by atoms with van der Waals surface area (Å²) in [5, 5.41) is 0. The average Bonchev–Trinajstić information content (AvgIpc) is 2.47. The first-order chi connectivity index (χ1) is 5.29. The van der Waals surface area contributed by atoms with Crippen LogP contribution in [-0.2, 0) is 4.79 Å². The number of nitrogens with two attached hydrogens (primary N) is 1. The molecule has 0 bridgehead atoms. The molecule has 0 aromatic carbocycles. The van der Waals surface area contributed by atoms with Gasteiger partial charge in [0.05, 0.1) is 13.1 Å². The van der Waals surface area contributed by atoms with E-state index in [9.17, 15) is 4.79 Å². The SMILES string of the molecule is CC[N+]1([C]=O)CCCC1CN. The summed E-state index contributed by atoms with van der Waals surface area (Å²) in [5.41, 5.74) is 5.57. The van der Waals surface area contributed by atoms with Crippen molar-refractivity contribution >= 4 is 6.41 Å². The molecule has 11 heavy (non-hydrogen) atoms. The predicted octanol–water partition coefficient (Wildman–Crippen LogP) is 0.0114. The second kappa shape index (κ2) is 3.32. The van der Waals surface area contributed by atoms with Gasteiger partial charge in [-0.3, -0.25) is 0 Å². The minimum Gasteiger partial charge on any atom is -0.325 e. The summed E-state index contributed by atoms with van der Waals surface area (Å²) in [5.74, 6) is 0. The fourth-order valence-corrected chi connectivity index (χ4v) is 1.96. The van der Waals surface area contributed by atoms with E-state index >= 15 is 0 Å². The van der Waals surface area contributed by atoms with Gasteiger partial charge in [-0.15, -0.1) is 0 Å². The van der Waals surface area contributed by atoms with Crippen LogP contribution in [0.3, 0.4) is 0 Å². The zero-order valence-electron chi connectivity index (χ0n) is 7.05. The lowest BCUT2D eigenvalue weighted by atomic mass is 10.2. The van der Waals surface area contributed by atoms with E-state index in [2.05, 4.69) is 6.41 Å². The molecule has 1 amide bonds. The minimum absolute atomic E-state index is 0.331. The Morgan fingerprint density at radius 1 is 1.73 bits per heavy atom. The Morgan fingerprint density at radius 2 is 2.45 bits per heavy atom. The van der Waals surface area contributed by atoms with Crippen molar-refractivity contribution in [2.75, 3.05) is 19.6 Å². The Labute approximate surface area is 67.8 Å². The molecule has 2 atom stereocenters. The van der Waals surface area contributed by atoms with Crippen LogP contribution in [0.4, 0.5) is 0 Å². The van der Waals surface area contributed by atoms with Crippen molar-refractivity contribution in [3.05, 3.63) is 0 Å². The monoisotopic (exact) mass is 156 g/mol. The fraction of sp³-hybridized carbons (Fsp3) is 0.875. The highest BCUT2D eigenvalue weighted by atomic mass is 16.1. The number of amides is 1. The molecule has 1 aliphatic rings. The molecule has 1 fully saturated rings. The Hall–Kier alpha value is -0.410. The van der Waals surface area contributed by atoms with Gasteiger partial charge >= 0.3 is 6.41 Å². The van der Waals surface area contributed by atoms with Crippen molar-refractivity contribution in [3.8, 4) is 0 Å². The lowest BCUT2D eigenvalue weighted by Crippen LogP contribution is -2.53. The van der Waals surface area contributed by atoms with Gasteiger partial charge in [0.15, 0.2) is 0 Å². The third kappa shape index (κ3) is 1.30. The largest absolute Gasteiger partial charge is 0.443 e. The molecule has 0 saturated carbocycles. The van der Waals surface area contributed by atoms with Gasteiger partial charge in [-0.05, 0) is 6.92 Å². The number of likely N-dealkylation sites (N-methyl/N-ethyl adjacent to an activating group) is 1. The standard InChI is InChI=1S/C8H16N2O/c1-2-10(7-11)5-3-4-8(10)6-9/h8H,2-6,9H2,1H3/q+1. The molecule has 1 rings (SSSR count). The van der Waals surface area contributed by atoms with Crippen LogP contribution in [-0.4, -0.2) is 36.6 Å². The van der Waals surface area contributed by atoms with Crippen LogP contribution >= 0.6 is 0 Å². The highest BCUT2D eigenvalue weighted by molar-refractivity contribution is 5.39. The second-order valence-corrected chi connectivity index (χ2v) is 3.20. The molecule has 2 N–H and O–H groups in total. The third-order valence-corrected chi connectivity index (χ3v) is 2.81. The first-order valence-electron chi connectivity index (χ1n) is 4.25. The predicted molar refractivity (Wildman–Crippen MR) is 43.4 cm³/mol. The number of hydrogen-bond acceptors (Lipinski definition) is 2. The normalized spacial score (nSPS) is 37.5. The molecule has 1 heterocycles. The highest BCUT2D eigenvalue weighted by Gasteiger charge is 2.40. The van der Waals surface area contributed by atoms with Crippen molar-refractivity contribution < 1.29 is 9.28 Å². The van der Waals surface area contributed by atoms with Crippen LogP contribution in [0.15, 0.2) is 0 Å². The van der Waals surface area contributed by atoms with Crippen LogP contribution < -0.4 is 5.73 Å². The van der Waals surface area contributed by atoms with Gasteiger partial charge in [-0.2, -0.15) is 0 Å². The lowest BCUT2D eigenvalue weighted by molar-refractivity contribution is -0.847. The molecule has 0 aromatic heterocycles. The van der Waals surface area contributed by atoms with Crippen LogP contribution in [0.5, 0.6) is 0 Å². The number of rotatable bonds is 3. The Morgan fingerprint density at radius 3 is 2.82 bits per heavy atom. The molecule has 0 spiro atoms. The van der Waals surface area contributed by atoms with Crippen LogP contribution in [0, 0.1) is 0 Å². The maximum atomic E-state index is 10.7. The summed E-state index contributed by atoms with van der Waals surface area (Å²) < 4.78 is 0.469. The molecule has 1 aliphatic heterocycles. The van der Waals surface area contributed by atoms with Gasteiger partial charge in [0.2, 0.25) is 0 Å². The van der Waals surface area contributed by atoms with Crippen LogP contribution in [0.2, 0.25) is 0 Å². The molecule has 1 saturated heterocycles. The topological polar surface area (TPSA) is 43.1 Å². The number of hydrogen-bond donors (Lipinski definition) is 1. The smallest absolute Gasteiger partial charge is 0.325 e. The molecule has 3 nitrogen and oxygen atoms in total. The zero-order valence-corrected chi connectivity index (χ0v) is 7.05. The minimum atomic E-state index is 0.331. The summed E-state index contributed by atoms with van der Waals surface area (Å²) in [6.45, 7) is 4.41. The molecular formula is C8H16N2O+. The first-order valence-corrected chi connectivity index (χ1v) is 4.25. The lowest BCUT2D eigenvalue weighted by Gasteiger charge is -2.29. The molecular weight excluding hydrogens is 140 g/mol. The molecule has 0 aromatic rings. The van der Waals surface area contributed by atoms with E-state index in [0.717, 1.165) is 25.9 Å². The van der Waals surface area contributed by atoms with Crippen molar-refractivity contribution in [2.45, 2.75) is 25.8 Å². The summed E-state index contributed by atoms with van der Waals surface area (Å²) >= 11 is 0. The molecule has 1 radical (unpaired) electrons. The van der Waals surface area contributed by atoms with Crippen molar-refractivity contribution in [1.29, 1.82) is 0 Å². The molecule has 0 aliphatic carbocycles. The molecule has 63 valence electrons. The van der Waals surface area contributed by atoms with Gasteiger partial charge < -0.3 is 5.73 Å². The van der Waals surface area contributed by atoms with E-state index in [0.29, 0.717) is 17.1 Å². The first kappa shape index (κ1) is 8.68. The number of carbonyl (C=O) groups excluding carboxylic acids is 1. The van der Waals surface area contributed by atoms with Crippen LogP contribution in [0.1, 0.15) is 19.8 Å². The van der Waals surface area contributed by atoms with E-state index in [1.54, 1.807) is 0 Å². The maximum absolute atomic E-state index is 10.7. The Kier molecular flexibility index (Phi) is 2.62. The fourth-order valence-electron chi connectivity index (χ4n) is 1.96. The van der Waals surface area contributed by atoms with Crippen molar-refractivity contribution in [2.24, 2.45) is 5.73 Å². The van der Waals surface area contributed by atoms with Gasteiger partial charge in [0, 0.05) is 19.4 Å². The van der Waals surface area contributed by atoms with Crippen molar-refractivity contribution in [3.63, 3.8) is 0 Å². The van der Waals surface area contributed by atoms with Gasteiger partial charge in [0.1, 0.15) is 6.04 Å². The molecule has 2 unspecified atom stereocenters. The van der Waals surface area contributed by atoms with Gasteiger partial charge in [-0.1, -0.05) is 0 Å². The third-order valence-electron chi connectivity index (χ3n) is 2.81. The van der Waals surface area contributed by atoms with Gasteiger partial charge in [-0.25, -0.2) is 9.28 Å². The Balaban J connectivity index is 2.71. The zero-order chi connectivity index (χ0) is 8.32. The summed E-state index contributed by atoms with van der Waals surface area (Å²) in [7, 11) is 0. The summed E-state index contributed by atoms with van der Waals surface area (Å²) in [4.78, 5) is 10.7. The van der Waals surface area contributed by atoms with E-state index in [1.165, 1.54) is 0 Å². The van der Waals surface area contributed by atoms with Crippen molar-refractivity contribution in [1.82, 2.24) is 0 Å². The number of likely N-dealkylation sites (tertiary alicyclic amines) is 1. The van der Waals surface area contributed by atoms with Crippen LogP contribution in [0.25, 0.3) is 0 Å². The summed E-state index contributed by atoms with van der Waals surface area (Å²) in [6.07, 6.45) is 4.33. The highest BCUT2D eigenvalue weighted by Crippen LogP contribution is 2.23.